The maximum absolute atomic E-state index is 11.4. The van der Waals surface area contributed by atoms with E-state index in [1.165, 1.54) is 0 Å². The molecule has 0 spiro atoms. The van der Waals surface area contributed by atoms with Crippen LogP contribution >= 0.6 is 23.2 Å². The van der Waals surface area contributed by atoms with Crippen LogP contribution in [-0.4, -0.2) is 15.7 Å². The van der Waals surface area contributed by atoms with E-state index in [1.54, 1.807) is 16.7 Å². The molecular weight excluding hydrogens is 295 g/mol. The highest BCUT2D eigenvalue weighted by Gasteiger charge is 2.14. The normalized spacial score (nSPS) is 10.9. The van der Waals surface area contributed by atoms with Crippen LogP contribution in [0.5, 0.6) is 0 Å². The SMILES string of the molecule is O=Cc1c(Cc2ccccc2)nc2c(Cl)cc(Cl)cn12. The minimum atomic E-state index is 0.430. The molecule has 0 bridgehead atoms. The lowest BCUT2D eigenvalue weighted by atomic mass is 10.1. The highest BCUT2D eigenvalue weighted by Crippen LogP contribution is 2.24. The fourth-order valence-electron chi connectivity index (χ4n) is 2.18. The zero-order chi connectivity index (χ0) is 14.1. The quantitative estimate of drug-likeness (QED) is 0.684. The van der Waals surface area contributed by atoms with Crippen LogP contribution in [0.25, 0.3) is 5.65 Å². The van der Waals surface area contributed by atoms with Gasteiger partial charge in [0.2, 0.25) is 0 Å². The van der Waals surface area contributed by atoms with E-state index in [0.717, 1.165) is 11.8 Å². The number of benzene rings is 1. The number of carbonyl (C=O) groups excluding carboxylic acids is 1. The van der Waals surface area contributed by atoms with Gasteiger partial charge in [0.05, 0.1) is 15.7 Å². The second-order valence-electron chi connectivity index (χ2n) is 4.42. The minimum absolute atomic E-state index is 0.430. The van der Waals surface area contributed by atoms with Crippen LogP contribution in [0.3, 0.4) is 0 Å². The van der Waals surface area contributed by atoms with Crippen molar-refractivity contribution in [3.8, 4) is 0 Å². The van der Waals surface area contributed by atoms with Crippen LogP contribution in [0.15, 0.2) is 42.6 Å². The first-order valence-corrected chi connectivity index (χ1v) is 6.79. The smallest absolute Gasteiger partial charge is 0.168 e. The molecule has 2 aromatic heterocycles. The maximum atomic E-state index is 11.4. The fraction of sp³-hybridized carbons (Fsp3) is 0.0667. The van der Waals surface area contributed by atoms with Crippen molar-refractivity contribution in [2.45, 2.75) is 6.42 Å². The van der Waals surface area contributed by atoms with Crippen LogP contribution in [0.1, 0.15) is 21.7 Å². The van der Waals surface area contributed by atoms with Gasteiger partial charge in [0.15, 0.2) is 11.9 Å². The summed E-state index contributed by atoms with van der Waals surface area (Å²) in [4.78, 5) is 15.8. The van der Waals surface area contributed by atoms with Crippen molar-refractivity contribution >= 4 is 35.1 Å². The van der Waals surface area contributed by atoms with Gasteiger partial charge in [-0.2, -0.15) is 0 Å². The standard InChI is InChI=1S/C15H10Cl2N2O/c16-11-7-12(17)15-18-13(14(9-20)19(15)8-11)6-10-4-2-1-3-5-10/h1-5,7-9H,6H2. The summed E-state index contributed by atoms with van der Waals surface area (Å²) >= 11 is 12.1. The van der Waals surface area contributed by atoms with Crippen molar-refractivity contribution in [3.63, 3.8) is 0 Å². The summed E-state index contributed by atoms with van der Waals surface area (Å²) in [5.41, 5.74) is 2.80. The van der Waals surface area contributed by atoms with Crippen molar-refractivity contribution in [2.24, 2.45) is 0 Å². The lowest BCUT2D eigenvalue weighted by Gasteiger charge is -2.00. The van der Waals surface area contributed by atoms with Crippen LogP contribution in [0, 0.1) is 0 Å². The Morgan fingerprint density at radius 2 is 1.95 bits per heavy atom. The van der Waals surface area contributed by atoms with Gasteiger partial charge in [-0.05, 0) is 11.6 Å². The molecule has 0 aliphatic carbocycles. The predicted molar refractivity (Wildman–Crippen MR) is 79.8 cm³/mol. The molecule has 1 aromatic carbocycles. The van der Waals surface area contributed by atoms with E-state index in [0.29, 0.717) is 33.5 Å². The molecule has 0 fully saturated rings. The van der Waals surface area contributed by atoms with E-state index < -0.39 is 0 Å². The molecule has 0 saturated heterocycles. The number of pyridine rings is 1. The Bertz CT molecular complexity index is 781. The van der Waals surface area contributed by atoms with Crippen molar-refractivity contribution in [1.29, 1.82) is 0 Å². The lowest BCUT2D eigenvalue weighted by Crippen LogP contribution is -1.96. The zero-order valence-electron chi connectivity index (χ0n) is 10.4. The van der Waals surface area contributed by atoms with Crippen LogP contribution in [0.2, 0.25) is 10.0 Å². The minimum Gasteiger partial charge on any atom is -0.296 e. The topological polar surface area (TPSA) is 34.4 Å². The number of nitrogens with zero attached hydrogens (tertiary/aromatic N) is 2. The van der Waals surface area contributed by atoms with E-state index in [4.69, 9.17) is 23.2 Å². The van der Waals surface area contributed by atoms with Crippen LogP contribution < -0.4 is 0 Å². The summed E-state index contributed by atoms with van der Waals surface area (Å²) in [6.07, 6.45) is 3.00. The van der Waals surface area contributed by atoms with E-state index >= 15 is 0 Å². The average molecular weight is 305 g/mol. The van der Waals surface area contributed by atoms with Gasteiger partial charge in [0.1, 0.15) is 5.69 Å². The van der Waals surface area contributed by atoms with Gasteiger partial charge in [-0.1, -0.05) is 53.5 Å². The first-order valence-electron chi connectivity index (χ1n) is 6.04. The van der Waals surface area contributed by atoms with E-state index in [9.17, 15) is 4.79 Å². The van der Waals surface area contributed by atoms with Gasteiger partial charge < -0.3 is 0 Å². The van der Waals surface area contributed by atoms with Gasteiger partial charge in [0.25, 0.3) is 0 Å². The first kappa shape index (κ1) is 13.2. The molecule has 2 heterocycles. The molecule has 0 aliphatic rings. The number of fused-ring (bicyclic) bond motifs is 1. The Balaban J connectivity index is 2.16. The molecule has 5 heteroatoms. The largest absolute Gasteiger partial charge is 0.296 e. The number of hydrogen-bond acceptors (Lipinski definition) is 2. The van der Waals surface area contributed by atoms with Gasteiger partial charge >= 0.3 is 0 Å². The van der Waals surface area contributed by atoms with Crippen molar-refractivity contribution < 1.29 is 4.79 Å². The molecule has 0 atom stereocenters. The summed E-state index contributed by atoms with van der Waals surface area (Å²) in [7, 11) is 0. The van der Waals surface area contributed by atoms with Gasteiger partial charge in [0, 0.05) is 12.6 Å². The Labute approximate surface area is 125 Å². The Kier molecular flexibility index (Phi) is 3.47. The Hall–Kier alpha value is -1.84. The average Bonchev–Trinajstić information content (AvgIpc) is 2.77. The molecule has 0 saturated carbocycles. The second kappa shape index (κ2) is 5.27. The number of aromatic nitrogens is 2. The molecule has 100 valence electrons. The molecule has 3 aromatic rings. The summed E-state index contributed by atoms with van der Waals surface area (Å²) in [5.74, 6) is 0. The third-order valence-corrected chi connectivity index (χ3v) is 3.57. The molecule has 0 N–H and O–H groups in total. The predicted octanol–water partition coefficient (Wildman–Crippen LogP) is 4.04. The summed E-state index contributed by atoms with van der Waals surface area (Å²) in [5, 5.41) is 0.897. The third-order valence-electron chi connectivity index (χ3n) is 3.08. The summed E-state index contributed by atoms with van der Waals surface area (Å²) in [6, 6.07) is 11.5. The van der Waals surface area contributed by atoms with Crippen LogP contribution in [-0.2, 0) is 6.42 Å². The first-order chi connectivity index (χ1) is 9.69. The van der Waals surface area contributed by atoms with Crippen molar-refractivity contribution in [2.75, 3.05) is 0 Å². The molecule has 20 heavy (non-hydrogen) atoms. The van der Waals surface area contributed by atoms with Gasteiger partial charge in [-0.3, -0.25) is 9.20 Å². The molecule has 0 aliphatic heterocycles. The highest BCUT2D eigenvalue weighted by molar-refractivity contribution is 6.36. The van der Waals surface area contributed by atoms with Crippen molar-refractivity contribution in [3.05, 3.63) is 69.6 Å². The Morgan fingerprint density at radius 3 is 2.65 bits per heavy atom. The highest BCUT2D eigenvalue weighted by atomic mass is 35.5. The molecule has 0 radical (unpaired) electrons. The van der Waals surface area contributed by atoms with E-state index in [-0.39, 0.29) is 0 Å². The van der Waals surface area contributed by atoms with Crippen molar-refractivity contribution in [1.82, 2.24) is 9.38 Å². The van der Waals surface area contributed by atoms with Crippen LogP contribution in [0.4, 0.5) is 0 Å². The van der Waals surface area contributed by atoms with Gasteiger partial charge in [-0.25, -0.2) is 4.98 Å². The zero-order valence-corrected chi connectivity index (χ0v) is 11.9. The maximum Gasteiger partial charge on any atom is 0.168 e. The summed E-state index contributed by atoms with van der Waals surface area (Å²) in [6.45, 7) is 0. The number of imidazole rings is 1. The second-order valence-corrected chi connectivity index (χ2v) is 5.27. The number of carbonyl (C=O) groups is 1. The number of halogens is 2. The number of aldehydes is 1. The molecule has 3 rings (SSSR count). The number of hydrogen-bond donors (Lipinski definition) is 0. The summed E-state index contributed by atoms with van der Waals surface area (Å²) < 4.78 is 1.63. The molecule has 0 amide bonds. The van der Waals surface area contributed by atoms with E-state index in [2.05, 4.69) is 4.98 Å². The monoisotopic (exact) mass is 304 g/mol. The van der Waals surface area contributed by atoms with E-state index in [1.807, 2.05) is 30.3 Å². The molecule has 3 nitrogen and oxygen atoms in total. The Morgan fingerprint density at radius 1 is 1.20 bits per heavy atom. The lowest BCUT2D eigenvalue weighted by molar-refractivity contribution is 0.111. The van der Waals surface area contributed by atoms with Gasteiger partial charge in [-0.15, -0.1) is 0 Å². The third kappa shape index (κ3) is 2.30. The fourth-order valence-corrected chi connectivity index (χ4v) is 2.69. The molecule has 0 unspecified atom stereocenters. The molecular formula is C15H10Cl2N2O. The number of rotatable bonds is 3.